The van der Waals surface area contributed by atoms with Gasteiger partial charge in [-0.2, -0.15) is 0 Å². The number of anilines is 1. The molecular weight excluding hydrogens is 252 g/mol. The first-order valence-corrected chi connectivity index (χ1v) is 6.67. The van der Waals surface area contributed by atoms with Gasteiger partial charge in [0.2, 0.25) is 5.78 Å². The highest BCUT2D eigenvalue weighted by atomic mass is 32.1. The van der Waals surface area contributed by atoms with Crippen molar-refractivity contribution < 1.29 is 4.79 Å². The zero-order chi connectivity index (χ0) is 11.8. The van der Waals surface area contributed by atoms with Crippen LogP contribution in [0.25, 0.3) is 10.1 Å². The van der Waals surface area contributed by atoms with Crippen LogP contribution in [-0.2, 0) is 0 Å². The molecule has 3 aromatic heterocycles. The minimum absolute atomic E-state index is 0.00468. The molecule has 0 radical (unpaired) electrons. The van der Waals surface area contributed by atoms with E-state index < -0.39 is 0 Å². The molecule has 2 N–H and O–H groups in total. The number of aromatic nitrogens is 1. The van der Waals surface area contributed by atoms with Crippen LogP contribution in [0.4, 0.5) is 5.00 Å². The van der Waals surface area contributed by atoms with E-state index in [9.17, 15) is 4.79 Å². The van der Waals surface area contributed by atoms with Gasteiger partial charge in [-0.3, -0.25) is 9.78 Å². The summed E-state index contributed by atoms with van der Waals surface area (Å²) in [5.74, 6) is -0.00468. The zero-order valence-electron chi connectivity index (χ0n) is 8.71. The van der Waals surface area contributed by atoms with Crippen LogP contribution in [0.2, 0.25) is 0 Å². The zero-order valence-corrected chi connectivity index (χ0v) is 10.3. The fraction of sp³-hybridized carbons (Fsp3) is 0. The molecule has 0 saturated heterocycles. The largest absolute Gasteiger partial charge is 0.390 e. The predicted octanol–water partition coefficient (Wildman–Crippen LogP) is 3.17. The number of nitrogen functional groups attached to an aromatic ring is 1. The Labute approximate surface area is 106 Å². The molecule has 84 valence electrons. The van der Waals surface area contributed by atoms with Crippen LogP contribution < -0.4 is 5.73 Å². The maximum atomic E-state index is 12.3. The van der Waals surface area contributed by atoms with Gasteiger partial charge >= 0.3 is 0 Å². The summed E-state index contributed by atoms with van der Waals surface area (Å²) in [5.41, 5.74) is 6.54. The van der Waals surface area contributed by atoms with E-state index in [-0.39, 0.29) is 5.78 Å². The lowest BCUT2D eigenvalue weighted by molar-refractivity contribution is 0.104. The lowest BCUT2D eigenvalue weighted by Crippen LogP contribution is -2.00. The van der Waals surface area contributed by atoms with Gasteiger partial charge in [0.25, 0.3) is 0 Å². The Morgan fingerprint density at radius 2 is 2.24 bits per heavy atom. The number of nitrogens with zero attached hydrogens (tertiary/aromatic N) is 1. The number of fused-ring (bicyclic) bond motifs is 1. The molecule has 0 aliphatic carbocycles. The number of ketones is 1. The van der Waals surface area contributed by atoms with Gasteiger partial charge in [-0.15, -0.1) is 22.7 Å². The molecule has 3 nitrogen and oxygen atoms in total. The molecule has 0 aliphatic heterocycles. The van der Waals surface area contributed by atoms with Crippen molar-refractivity contribution in [3.05, 3.63) is 46.4 Å². The Hall–Kier alpha value is -1.72. The van der Waals surface area contributed by atoms with Gasteiger partial charge in [0.15, 0.2) is 0 Å². The second kappa shape index (κ2) is 3.94. The van der Waals surface area contributed by atoms with Crippen molar-refractivity contribution in [2.24, 2.45) is 0 Å². The van der Waals surface area contributed by atoms with Crippen molar-refractivity contribution in [3.8, 4) is 0 Å². The number of hydrogen-bond acceptors (Lipinski definition) is 5. The second-order valence-electron chi connectivity index (χ2n) is 3.52. The van der Waals surface area contributed by atoms with E-state index in [0.29, 0.717) is 15.4 Å². The summed E-state index contributed by atoms with van der Waals surface area (Å²) in [6.45, 7) is 0. The molecular formula is C12H8N2OS2. The van der Waals surface area contributed by atoms with Gasteiger partial charge < -0.3 is 5.73 Å². The van der Waals surface area contributed by atoms with Crippen LogP contribution in [0.1, 0.15) is 15.2 Å². The van der Waals surface area contributed by atoms with E-state index in [0.717, 1.165) is 10.1 Å². The number of rotatable bonds is 2. The first-order valence-electron chi connectivity index (χ1n) is 4.97. The van der Waals surface area contributed by atoms with Crippen LogP contribution in [-0.4, -0.2) is 10.8 Å². The van der Waals surface area contributed by atoms with Gasteiger partial charge in [0.05, 0.1) is 20.1 Å². The molecule has 17 heavy (non-hydrogen) atoms. The van der Waals surface area contributed by atoms with Crippen LogP contribution in [0.3, 0.4) is 0 Å². The Morgan fingerprint density at radius 1 is 1.35 bits per heavy atom. The first-order chi connectivity index (χ1) is 8.27. The lowest BCUT2D eigenvalue weighted by Gasteiger charge is -1.97. The van der Waals surface area contributed by atoms with Crippen molar-refractivity contribution in [1.29, 1.82) is 0 Å². The number of carbonyl (C=O) groups is 1. The van der Waals surface area contributed by atoms with E-state index in [2.05, 4.69) is 4.98 Å². The smallest absolute Gasteiger partial charge is 0.206 e. The van der Waals surface area contributed by atoms with E-state index >= 15 is 0 Å². The third-order valence-corrected chi connectivity index (χ3v) is 4.33. The maximum absolute atomic E-state index is 12.3. The molecule has 5 heteroatoms. The highest BCUT2D eigenvalue weighted by molar-refractivity contribution is 7.23. The van der Waals surface area contributed by atoms with Gasteiger partial charge in [0.1, 0.15) is 0 Å². The quantitative estimate of drug-likeness (QED) is 0.720. The third-order valence-electron chi connectivity index (χ3n) is 2.49. The monoisotopic (exact) mass is 260 g/mol. The average Bonchev–Trinajstić information content (AvgIpc) is 2.94. The van der Waals surface area contributed by atoms with Crippen molar-refractivity contribution in [3.63, 3.8) is 0 Å². The minimum Gasteiger partial charge on any atom is -0.390 e. The predicted molar refractivity (Wildman–Crippen MR) is 71.8 cm³/mol. The number of hydrogen-bond donors (Lipinski definition) is 1. The molecule has 3 aromatic rings. The SMILES string of the molecule is Nc1sc2cnccc2c1C(=O)c1cccs1. The number of pyridine rings is 1. The molecule has 3 heterocycles. The van der Waals surface area contributed by atoms with Crippen LogP contribution in [0.5, 0.6) is 0 Å². The van der Waals surface area contributed by atoms with E-state index in [4.69, 9.17) is 5.73 Å². The van der Waals surface area contributed by atoms with Crippen LogP contribution in [0, 0.1) is 0 Å². The summed E-state index contributed by atoms with van der Waals surface area (Å²) >= 11 is 2.83. The second-order valence-corrected chi connectivity index (χ2v) is 5.55. The van der Waals surface area contributed by atoms with Gasteiger partial charge in [-0.05, 0) is 17.5 Å². The molecule has 0 unspecified atom stereocenters. The first kappa shape index (κ1) is 10.4. The summed E-state index contributed by atoms with van der Waals surface area (Å²) in [7, 11) is 0. The Bertz CT molecular complexity index is 686. The van der Waals surface area contributed by atoms with E-state index in [1.807, 2.05) is 23.6 Å². The highest BCUT2D eigenvalue weighted by Crippen LogP contribution is 2.34. The normalized spacial score (nSPS) is 10.8. The van der Waals surface area contributed by atoms with Gasteiger partial charge in [-0.25, -0.2) is 0 Å². The van der Waals surface area contributed by atoms with E-state index in [1.165, 1.54) is 22.7 Å². The molecule has 0 fully saturated rings. The number of carbonyl (C=O) groups excluding carboxylic acids is 1. The van der Waals surface area contributed by atoms with Crippen LogP contribution in [0.15, 0.2) is 36.0 Å². The van der Waals surface area contributed by atoms with Crippen molar-refractivity contribution in [2.45, 2.75) is 0 Å². The van der Waals surface area contributed by atoms with Gasteiger partial charge in [0, 0.05) is 17.8 Å². The molecule has 0 amide bonds. The Morgan fingerprint density at radius 3 is 3.00 bits per heavy atom. The molecule has 0 spiro atoms. The average molecular weight is 260 g/mol. The van der Waals surface area contributed by atoms with E-state index in [1.54, 1.807) is 12.4 Å². The molecule has 0 aromatic carbocycles. The maximum Gasteiger partial charge on any atom is 0.206 e. The summed E-state index contributed by atoms with van der Waals surface area (Å²) < 4.78 is 0.949. The topological polar surface area (TPSA) is 56.0 Å². The molecule has 0 aliphatic rings. The lowest BCUT2D eigenvalue weighted by atomic mass is 10.1. The summed E-state index contributed by atoms with van der Waals surface area (Å²) in [5, 5.41) is 3.34. The standard InChI is InChI=1S/C12H8N2OS2/c13-12-10(11(15)8-2-1-5-16-8)7-3-4-14-6-9(7)17-12/h1-6H,13H2. The minimum atomic E-state index is -0.00468. The summed E-state index contributed by atoms with van der Waals surface area (Å²) in [6, 6.07) is 5.52. The fourth-order valence-electron chi connectivity index (χ4n) is 1.74. The van der Waals surface area contributed by atoms with Crippen molar-refractivity contribution in [2.75, 3.05) is 5.73 Å². The van der Waals surface area contributed by atoms with Gasteiger partial charge in [-0.1, -0.05) is 6.07 Å². The molecule has 3 rings (SSSR count). The third kappa shape index (κ3) is 1.64. The highest BCUT2D eigenvalue weighted by Gasteiger charge is 2.19. The molecule has 0 bridgehead atoms. The molecule has 0 atom stereocenters. The molecule has 0 saturated carbocycles. The van der Waals surface area contributed by atoms with Crippen molar-refractivity contribution >= 4 is 43.5 Å². The number of nitrogens with two attached hydrogens (primary N) is 1. The Balaban J connectivity index is 2.24. The summed E-state index contributed by atoms with van der Waals surface area (Å²) in [4.78, 5) is 17.1. The Kier molecular flexibility index (Phi) is 2.42. The summed E-state index contributed by atoms with van der Waals surface area (Å²) in [6.07, 6.45) is 3.42. The number of thiophene rings is 2. The van der Waals surface area contributed by atoms with Crippen LogP contribution >= 0.6 is 22.7 Å². The fourth-order valence-corrected chi connectivity index (χ4v) is 3.34. The van der Waals surface area contributed by atoms with Crippen molar-refractivity contribution in [1.82, 2.24) is 4.98 Å².